The first-order chi connectivity index (χ1) is 8.70. The number of nitrogen functional groups attached to an aromatic ring is 1. The number of hydrogen-bond donors (Lipinski definition) is 1. The van der Waals surface area contributed by atoms with Crippen LogP contribution in [0, 0.1) is 3.57 Å². The number of benzene rings is 2. The lowest BCUT2D eigenvalue weighted by Crippen LogP contribution is -2.15. The van der Waals surface area contributed by atoms with Gasteiger partial charge in [-0.3, -0.25) is 4.90 Å². The molecule has 2 aromatic rings. The monoisotopic (exact) mass is 350 g/mol. The number of rotatable bonds is 2. The molecule has 18 heavy (non-hydrogen) atoms. The number of hydrogen-bond acceptors (Lipinski definition) is 2. The summed E-state index contributed by atoms with van der Waals surface area (Å²) in [6.45, 7) is 3.04. The first-order valence-electron chi connectivity index (χ1n) is 6.05. The standard InChI is InChI=1S/C15H15IN2/c16-14-4-1-11(2-5-14)8-18-9-12-3-6-15(17)7-13(12)10-18/h1-7H,8-10,17H2. The zero-order chi connectivity index (χ0) is 12.5. The van der Waals surface area contributed by atoms with Crippen molar-refractivity contribution in [2.45, 2.75) is 19.6 Å². The molecule has 0 amide bonds. The van der Waals surface area contributed by atoms with Gasteiger partial charge < -0.3 is 5.73 Å². The third-order valence-corrected chi connectivity index (χ3v) is 4.06. The molecule has 0 unspecified atom stereocenters. The van der Waals surface area contributed by atoms with Gasteiger partial charge in [0.1, 0.15) is 0 Å². The van der Waals surface area contributed by atoms with Crippen molar-refractivity contribution in [1.82, 2.24) is 4.90 Å². The molecule has 0 radical (unpaired) electrons. The highest BCUT2D eigenvalue weighted by molar-refractivity contribution is 14.1. The molecule has 1 aliphatic heterocycles. The second kappa shape index (κ2) is 4.90. The Bertz CT molecular complexity index is 563. The molecular formula is C15H15IN2. The molecule has 2 N–H and O–H groups in total. The minimum Gasteiger partial charge on any atom is -0.399 e. The third-order valence-electron chi connectivity index (χ3n) is 3.34. The van der Waals surface area contributed by atoms with E-state index in [-0.39, 0.29) is 0 Å². The van der Waals surface area contributed by atoms with Crippen LogP contribution >= 0.6 is 22.6 Å². The van der Waals surface area contributed by atoms with Crippen LogP contribution in [-0.2, 0) is 19.6 Å². The molecule has 0 saturated heterocycles. The number of fused-ring (bicyclic) bond motifs is 1. The normalized spacial score (nSPS) is 14.7. The Hall–Kier alpha value is -1.07. The minimum atomic E-state index is 0.866. The predicted molar refractivity (Wildman–Crippen MR) is 83.0 cm³/mol. The van der Waals surface area contributed by atoms with Gasteiger partial charge in [0.25, 0.3) is 0 Å². The number of nitrogens with zero attached hydrogens (tertiary/aromatic N) is 1. The van der Waals surface area contributed by atoms with Crippen LogP contribution in [0.3, 0.4) is 0 Å². The largest absolute Gasteiger partial charge is 0.399 e. The smallest absolute Gasteiger partial charge is 0.0317 e. The average molecular weight is 350 g/mol. The van der Waals surface area contributed by atoms with Crippen molar-refractivity contribution < 1.29 is 0 Å². The van der Waals surface area contributed by atoms with Crippen LogP contribution in [-0.4, -0.2) is 4.90 Å². The van der Waals surface area contributed by atoms with Crippen molar-refractivity contribution in [3.8, 4) is 0 Å². The van der Waals surface area contributed by atoms with Gasteiger partial charge in [-0.2, -0.15) is 0 Å². The van der Waals surface area contributed by atoms with E-state index in [1.165, 1.54) is 20.3 Å². The molecule has 1 heterocycles. The quantitative estimate of drug-likeness (QED) is 0.665. The van der Waals surface area contributed by atoms with E-state index in [2.05, 4.69) is 63.9 Å². The van der Waals surface area contributed by atoms with Gasteiger partial charge in [0, 0.05) is 28.9 Å². The molecule has 0 fully saturated rings. The lowest BCUT2D eigenvalue weighted by Gasteiger charge is -2.14. The van der Waals surface area contributed by atoms with E-state index >= 15 is 0 Å². The van der Waals surface area contributed by atoms with Gasteiger partial charge in [-0.05, 0) is 63.5 Å². The molecular weight excluding hydrogens is 335 g/mol. The van der Waals surface area contributed by atoms with E-state index in [0.29, 0.717) is 0 Å². The van der Waals surface area contributed by atoms with Crippen molar-refractivity contribution in [2.75, 3.05) is 5.73 Å². The highest BCUT2D eigenvalue weighted by atomic mass is 127. The highest BCUT2D eigenvalue weighted by Gasteiger charge is 2.18. The second-order valence-corrected chi connectivity index (χ2v) is 6.05. The van der Waals surface area contributed by atoms with E-state index in [1.807, 2.05) is 6.07 Å². The maximum absolute atomic E-state index is 5.83. The molecule has 3 heteroatoms. The summed E-state index contributed by atoms with van der Waals surface area (Å²) in [6, 6.07) is 15.0. The summed E-state index contributed by atoms with van der Waals surface area (Å²) in [5.41, 5.74) is 10.9. The Balaban J connectivity index is 1.72. The van der Waals surface area contributed by atoms with Crippen LogP contribution in [0.25, 0.3) is 0 Å². The van der Waals surface area contributed by atoms with Gasteiger partial charge in [-0.15, -0.1) is 0 Å². The molecule has 0 aromatic heterocycles. The summed E-state index contributed by atoms with van der Waals surface area (Å²) in [6.07, 6.45) is 0. The molecule has 0 saturated carbocycles. The summed E-state index contributed by atoms with van der Waals surface area (Å²) in [7, 11) is 0. The molecule has 0 spiro atoms. The fourth-order valence-corrected chi connectivity index (χ4v) is 2.80. The van der Waals surface area contributed by atoms with Gasteiger partial charge in [-0.1, -0.05) is 18.2 Å². The first kappa shape index (κ1) is 12.0. The van der Waals surface area contributed by atoms with Crippen molar-refractivity contribution >= 4 is 28.3 Å². The van der Waals surface area contributed by atoms with E-state index in [4.69, 9.17) is 5.73 Å². The van der Waals surface area contributed by atoms with Crippen LogP contribution in [0.15, 0.2) is 42.5 Å². The molecule has 3 rings (SSSR count). The lowest BCUT2D eigenvalue weighted by atomic mass is 10.1. The lowest BCUT2D eigenvalue weighted by molar-refractivity contribution is 0.275. The van der Waals surface area contributed by atoms with Gasteiger partial charge in [0.15, 0.2) is 0 Å². The molecule has 2 aromatic carbocycles. The zero-order valence-corrected chi connectivity index (χ0v) is 12.2. The van der Waals surface area contributed by atoms with Gasteiger partial charge in [-0.25, -0.2) is 0 Å². The van der Waals surface area contributed by atoms with Crippen molar-refractivity contribution in [2.24, 2.45) is 0 Å². The third kappa shape index (κ3) is 2.52. The second-order valence-electron chi connectivity index (χ2n) is 4.80. The van der Waals surface area contributed by atoms with Crippen LogP contribution in [0.1, 0.15) is 16.7 Å². The van der Waals surface area contributed by atoms with Crippen LogP contribution in [0.2, 0.25) is 0 Å². The Labute approximate surface area is 121 Å². The summed E-state index contributed by atoms with van der Waals surface area (Å²) >= 11 is 2.34. The molecule has 1 aliphatic rings. The topological polar surface area (TPSA) is 29.3 Å². The van der Waals surface area contributed by atoms with Crippen LogP contribution < -0.4 is 5.73 Å². The maximum Gasteiger partial charge on any atom is 0.0317 e. The number of nitrogens with two attached hydrogens (primary N) is 1. The average Bonchev–Trinajstić information content (AvgIpc) is 2.73. The van der Waals surface area contributed by atoms with E-state index in [1.54, 1.807) is 0 Å². The molecule has 0 aliphatic carbocycles. The molecule has 0 atom stereocenters. The van der Waals surface area contributed by atoms with Crippen LogP contribution in [0.4, 0.5) is 5.69 Å². The Morgan fingerprint density at radius 2 is 1.72 bits per heavy atom. The maximum atomic E-state index is 5.83. The summed E-state index contributed by atoms with van der Waals surface area (Å²) in [5, 5.41) is 0. The zero-order valence-electron chi connectivity index (χ0n) is 10.1. The van der Waals surface area contributed by atoms with Gasteiger partial charge in [0.05, 0.1) is 0 Å². The van der Waals surface area contributed by atoms with E-state index in [9.17, 15) is 0 Å². The minimum absolute atomic E-state index is 0.866. The SMILES string of the molecule is Nc1ccc2c(c1)CN(Cc1ccc(I)cc1)C2. The van der Waals surface area contributed by atoms with Gasteiger partial charge in [0.2, 0.25) is 0 Å². The fourth-order valence-electron chi connectivity index (χ4n) is 2.44. The first-order valence-corrected chi connectivity index (χ1v) is 7.13. The Kier molecular flexibility index (Phi) is 3.26. The molecule has 92 valence electrons. The van der Waals surface area contributed by atoms with E-state index in [0.717, 1.165) is 25.3 Å². The van der Waals surface area contributed by atoms with Gasteiger partial charge >= 0.3 is 0 Å². The molecule has 0 bridgehead atoms. The predicted octanol–water partition coefficient (Wildman–Crippen LogP) is 3.39. The number of halogens is 1. The fraction of sp³-hybridized carbons (Fsp3) is 0.200. The Morgan fingerprint density at radius 1 is 1.00 bits per heavy atom. The van der Waals surface area contributed by atoms with Crippen molar-refractivity contribution in [3.05, 3.63) is 62.7 Å². The van der Waals surface area contributed by atoms with Crippen molar-refractivity contribution in [1.29, 1.82) is 0 Å². The van der Waals surface area contributed by atoms with Crippen LogP contribution in [0.5, 0.6) is 0 Å². The Morgan fingerprint density at radius 3 is 2.50 bits per heavy atom. The molecule has 2 nitrogen and oxygen atoms in total. The summed E-state index contributed by atoms with van der Waals surface area (Å²) in [5.74, 6) is 0. The summed E-state index contributed by atoms with van der Waals surface area (Å²) in [4.78, 5) is 2.45. The van der Waals surface area contributed by atoms with Crippen molar-refractivity contribution in [3.63, 3.8) is 0 Å². The summed E-state index contributed by atoms with van der Waals surface area (Å²) < 4.78 is 1.29. The number of anilines is 1. The highest BCUT2D eigenvalue weighted by Crippen LogP contribution is 2.26. The van der Waals surface area contributed by atoms with E-state index < -0.39 is 0 Å².